The van der Waals surface area contributed by atoms with Crippen LogP contribution in [-0.4, -0.2) is 37.5 Å². The summed E-state index contributed by atoms with van der Waals surface area (Å²) in [7, 11) is 0.465. The Kier molecular flexibility index (Phi) is 6.78. The summed E-state index contributed by atoms with van der Waals surface area (Å²) in [5.41, 5.74) is 8.00. The highest BCUT2D eigenvalue weighted by Crippen LogP contribution is 2.41. The van der Waals surface area contributed by atoms with Gasteiger partial charge in [-0.25, -0.2) is 4.39 Å². The normalized spacial score (nSPS) is 14.0. The van der Waals surface area contributed by atoms with E-state index < -0.39 is 18.0 Å². The van der Waals surface area contributed by atoms with Gasteiger partial charge in [-0.2, -0.15) is 15.0 Å². The van der Waals surface area contributed by atoms with Gasteiger partial charge in [-0.15, -0.1) is 0 Å². The lowest BCUT2D eigenvalue weighted by Crippen LogP contribution is -2.20. The molecule has 2 aromatic heterocycles. The van der Waals surface area contributed by atoms with Gasteiger partial charge >= 0.3 is 0 Å². The highest BCUT2D eigenvalue weighted by molar-refractivity contribution is 7.40. The van der Waals surface area contributed by atoms with Gasteiger partial charge in [0.15, 0.2) is 5.82 Å². The van der Waals surface area contributed by atoms with E-state index in [0.717, 1.165) is 24.6 Å². The zero-order valence-electron chi connectivity index (χ0n) is 20.0. The predicted molar refractivity (Wildman–Crippen MR) is 145 cm³/mol. The minimum Gasteiger partial charge on any atom is -0.392 e. The molecule has 0 radical (unpaired) electrons. The van der Waals surface area contributed by atoms with E-state index in [1.165, 1.54) is 10.6 Å². The van der Waals surface area contributed by atoms with Crippen LogP contribution in [0.5, 0.6) is 0 Å². The molecule has 9 nitrogen and oxygen atoms in total. The quantitative estimate of drug-likeness (QED) is 0.203. The number of anilines is 2. The summed E-state index contributed by atoms with van der Waals surface area (Å²) in [5, 5.41) is 21.4. The van der Waals surface area contributed by atoms with Gasteiger partial charge in [0, 0.05) is 23.5 Å². The summed E-state index contributed by atoms with van der Waals surface area (Å²) in [6.07, 6.45) is 4.80. The van der Waals surface area contributed by atoms with Crippen LogP contribution < -0.4 is 16.6 Å². The molecule has 2 heterocycles. The minimum absolute atomic E-state index is 0.000297. The number of aromatic nitrogens is 4. The van der Waals surface area contributed by atoms with Crippen molar-refractivity contribution in [1.29, 1.82) is 5.41 Å². The van der Waals surface area contributed by atoms with E-state index in [1.54, 1.807) is 30.5 Å². The molecular formula is C26H25FN7O2P. The van der Waals surface area contributed by atoms with Gasteiger partial charge in [0.1, 0.15) is 5.82 Å². The van der Waals surface area contributed by atoms with Gasteiger partial charge in [0.2, 0.25) is 11.9 Å². The van der Waals surface area contributed by atoms with Crippen molar-refractivity contribution in [2.24, 2.45) is 0 Å². The van der Waals surface area contributed by atoms with Crippen LogP contribution in [0.4, 0.5) is 16.3 Å². The Morgan fingerprint density at radius 3 is 2.81 bits per heavy atom. The first-order chi connectivity index (χ1) is 17.9. The highest BCUT2D eigenvalue weighted by atomic mass is 31.1. The van der Waals surface area contributed by atoms with E-state index in [-0.39, 0.29) is 23.1 Å². The lowest BCUT2D eigenvalue weighted by atomic mass is 10.0. The molecule has 1 atom stereocenters. The molecule has 1 aliphatic rings. The number of nitrogens with two attached hydrogens (primary N) is 1. The second kappa shape index (κ2) is 10.2. The first kappa shape index (κ1) is 24.7. The standard InChI is InChI=1S/C26H25FN7O2P/c1-37-13-17(11-28)30-26-32-23(31-25(29)33-26)18-3-2-4-21(19(18)12-35)34-8-7-15-9-16(14-5-6-14)10-20(27)22(15)24(34)36/h2-4,7-11,13-14,28,35,37H,5-6,12H2,1H3,(H3,29,30,31,32,33)/b17-13+,28-11?. The number of hydrogen-bond acceptors (Lipinski definition) is 8. The molecule has 11 heteroatoms. The minimum atomic E-state index is -0.552. The van der Waals surface area contributed by atoms with Gasteiger partial charge in [0.25, 0.3) is 5.56 Å². The van der Waals surface area contributed by atoms with E-state index >= 15 is 4.39 Å². The molecule has 0 bridgehead atoms. The Labute approximate surface area is 213 Å². The van der Waals surface area contributed by atoms with Crippen molar-refractivity contribution in [1.82, 2.24) is 19.5 Å². The molecule has 2 aromatic carbocycles. The van der Waals surface area contributed by atoms with Crippen molar-refractivity contribution in [2.45, 2.75) is 25.4 Å². The summed E-state index contributed by atoms with van der Waals surface area (Å²) in [6, 6.07) is 10.1. The fraction of sp³-hybridized carbons (Fsp3) is 0.192. The monoisotopic (exact) mass is 517 g/mol. The number of nitrogen functional groups attached to an aromatic ring is 1. The summed E-state index contributed by atoms with van der Waals surface area (Å²) in [4.78, 5) is 26.2. The van der Waals surface area contributed by atoms with Crippen LogP contribution in [-0.2, 0) is 6.61 Å². The third kappa shape index (κ3) is 4.85. The molecule has 1 unspecified atom stereocenters. The molecule has 0 spiro atoms. The molecule has 0 aliphatic heterocycles. The Morgan fingerprint density at radius 1 is 1.30 bits per heavy atom. The number of hydrogen-bond donors (Lipinski definition) is 4. The molecule has 1 aliphatic carbocycles. The van der Waals surface area contributed by atoms with E-state index in [1.807, 2.05) is 18.5 Å². The van der Waals surface area contributed by atoms with Crippen LogP contribution in [0.3, 0.4) is 0 Å². The third-order valence-electron chi connectivity index (χ3n) is 6.20. The largest absolute Gasteiger partial charge is 0.392 e. The van der Waals surface area contributed by atoms with E-state index in [9.17, 15) is 9.90 Å². The Hall–Kier alpha value is -4.01. The van der Waals surface area contributed by atoms with Gasteiger partial charge < -0.3 is 21.6 Å². The zero-order chi connectivity index (χ0) is 26.1. The average Bonchev–Trinajstić information content (AvgIpc) is 3.73. The van der Waals surface area contributed by atoms with Crippen LogP contribution >= 0.6 is 8.58 Å². The van der Waals surface area contributed by atoms with Crippen LogP contribution in [0.2, 0.25) is 0 Å². The Morgan fingerprint density at radius 2 is 2.11 bits per heavy atom. The van der Waals surface area contributed by atoms with Crippen molar-refractivity contribution < 1.29 is 9.50 Å². The van der Waals surface area contributed by atoms with Crippen LogP contribution in [0, 0.1) is 11.2 Å². The maximum absolute atomic E-state index is 15.1. The average molecular weight is 518 g/mol. The van der Waals surface area contributed by atoms with Gasteiger partial charge in [-0.3, -0.25) is 9.36 Å². The number of halogens is 1. The summed E-state index contributed by atoms with van der Waals surface area (Å²) in [5.74, 6) is 1.90. The summed E-state index contributed by atoms with van der Waals surface area (Å²) >= 11 is 0. The number of allylic oxidation sites excluding steroid dienone is 1. The number of pyridine rings is 1. The van der Waals surface area contributed by atoms with E-state index in [2.05, 4.69) is 20.3 Å². The molecule has 5 N–H and O–H groups in total. The van der Waals surface area contributed by atoms with Crippen LogP contribution in [0.15, 0.2) is 58.9 Å². The maximum Gasteiger partial charge on any atom is 0.265 e. The predicted octanol–water partition coefficient (Wildman–Crippen LogP) is 4.14. The molecule has 5 rings (SSSR count). The summed E-state index contributed by atoms with van der Waals surface area (Å²) in [6.45, 7) is 1.53. The molecule has 4 aromatic rings. The lowest BCUT2D eigenvalue weighted by molar-refractivity contribution is 0.282. The van der Waals surface area contributed by atoms with Crippen molar-refractivity contribution in [2.75, 3.05) is 17.7 Å². The van der Waals surface area contributed by atoms with Crippen LogP contribution in [0.1, 0.15) is 29.9 Å². The molecule has 188 valence electrons. The highest BCUT2D eigenvalue weighted by Gasteiger charge is 2.25. The van der Waals surface area contributed by atoms with Gasteiger partial charge in [-0.05, 0) is 60.4 Å². The fourth-order valence-corrected chi connectivity index (χ4v) is 4.80. The van der Waals surface area contributed by atoms with Gasteiger partial charge in [-0.1, -0.05) is 26.8 Å². The Bertz CT molecular complexity index is 1620. The molecule has 37 heavy (non-hydrogen) atoms. The smallest absolute Gasteiger partial charge is 0.265 e. The number of aliphatic hydroxyl groups excluding tert-OH is 1. The SMILES string of the molecule is CP/C=C(\C=N)Nc1nc(N)nc(-c2cccc(-n3ccc4cc(C5CC5)cc(F)c4c3=O)c2CO)n1. The van der Waals surface area contributed by atoms with Crippen molar-refractivity contribution in [3.8, 4) is 17.1 Å². The zero-order valence-corrected chi connectivity index (χ0v) is 21.0. The fourth-order valence-electron chi connectivity index (χ4n) is 4.34. The second-order valence-electron chi connectivity index (χ2n) is 8.69. The number of benzene rings is 2. The van der Waals surface area contributed by atoms with Crippen LogP contribution in [0.25, 0.3) is 27.8 Å². The molecule has 0 amide bonds. The first-order valence-corrected chi connectivity index (χ1v) is 13.3. The number of aliphatic hydroxyl groups is 1. The van der Waals surface area contributed by atoms with Crippen molar-refractivity contribution in [3.63, 3.8) is 0 Å². The second-order valence-corrected chi connectivity index (χ2v) is 9.56. The summed E-state index contributed by atoms with van der Waals surface area (Å²) < 4.78 is 16.4. The molecule has 1 saturated carbocycles. The Balaban J connectivity index is 1.62. The molecule has 0 saturated heterocycles. The van der Waals surface area contributed by atoms with Gasteiger partial charge in [0.05, 0.1) is 23.4 Å². The molecule has 1 fully saturated rings. The van der Waals surface area contributed by atoms with Crippen molar-refractivity contribution in [3.05, 3.63) is 81.4 Å². The topological polar surface area (TPSA) is 143 Å². The lowest BCUT2D eigenvalue weighted by Gasteiger charge is -2.16. The maximum atomic E-state index is 15.1. The number of fused-ring (bicyclic) bond motifs is 1. The number of nitrogens with one attached hydrogen (secondary N) is 2. The number of nitrogens with zero attached hydrogens (tertiary/aromatic N) is 4. The first-order valence-electron chi connectivity index (χ1n) is 11.7. The van der Waals surface area contributed by atoms with E-state index in [0.29, 0.717) is 42.4 Å². The van der Waals surface area contributed by atoms with E-state index in [4.69, 9.17) is 11.1 Å². The molecular weight excluding hydrogens is 492 g/mol. The van der Waals surface area contributed by atoms with Crippen molar-refractivity contribution >= 4 is 37.5 Å². The number of rotatable bonds is 8. The third-order valence-corrected chi connectivity index (χ3v) is 6.80.